The average Bonchev–Trinajstić information content (AvgIpc) is 2.45. The van der Waals surface area contributed by atoms with Crippen LogP contribution in [0.25, 0.3) is 5.69 Å². The van der Waals surface area contributed by atoms with Crippen molar-refractivity contribution >= 4 is 44.8 Å². The van der Waals surface area contributed by atoms with E-state index in [1.807, 2.05) is 13.8 Å². The summed E-state index contributed by atoms with van der Waals surface area (Å²) in [4.78, 5) is 0. The van der Waals surface area contributed by atoms with Crippen molar-refractivity contribution in [2.75, 3.05) is 5.73 Å². The van der Waals surface area contributed by atoms with Crippen LogP contribution in [-0.2, 0) is 0 Å². The molecule has 0 amide bonds. The highest BCUT2D eigenvalue weighted by atomic mass is 79.9. The summed E-state index contributed by atoms with van der Waals surface area (Å²) in [6, 6.07) is 3.32. The van der Waals surface area contributed by atoms with E-state index in [9.17, 15) is 0 Å². The Morgan fingerprint density at radius 2 is 1.76 bits per heavy atom. The van der Waals surface area contributed by atoms with Crippen molar-refractivity contribution in [2.24, 2.45) is 0 Å². The van der Waals surface area contributed by atoms with Gasteiger partial charge in [0.2, 0.25) is 0 Å². The second-order valence-electron chi connectivity index (χ2n) is 3.73. The molecule has 0 atom stereocenters. The van der Waals surface area contributed by atoms with Gasteiger partial charge in [0.15, 0.2) is 0 Å². The zero-order valence-corrected chi connectivity index (χ0v) is 12.4. The third-order valence-corrected chi connectivity index (χ3v) is 4.18. The second kappa shape index (κ2) is 4.52. The van der Waals surface area contributed by atoms with Crippen LogP contribution in [0.1, 0.15) is 11.4 Å². The molecule has 0 saturated carbocycles. The van der Waals surface area contributed by atoms with Gasteiger partial charge >= 0.3 is 0 Å². The SMILES string of the molecule is Cc1nn(-c2c(Cl)cc(N)cc2Cl)c(C)c1Br. The Labute approximate surface area is 118 Å². The fourth-order valence-corrected chi connectivity index (χ4v) is 2.54. The molecule has 0 aliphatic rings. The molecule has 2 N–H and O–H groups in total. The number of nitrogens with two attached hydrogens (primary N) is 1. The van der Waals surface area contributed by atoms with Crippen molar-refractivity contribution in [2.45, 2.75) is 13.8 Å². The summed E-state index contributed by atoms with van der Waals surface area (Å²) in [5.74, 6) is 0. The maximum atomic E-state index is 6.16. The van der Waals surface area contributed by atoms with Crippen molar-refractivity contribution in [3.05, 3.63) is 38.0 Å². The number of halogens is 3. The van der Waals surface area contributed by atoms with Gasteiger partial charge in [-0.3, -0.25) is 0 Å². The molecule has 0 bridgehead atoms. The van der Waals surface area contributed by atoms with Gasteiger partial charge in [0.25, 0.3) is 0 Å². The Morgan fingerprint density at radius 3 is 2.18 bits per heavy atom. The number of nitrogen functional groups attached to an aromatic ring is 1. The normalized spacial score (nSPS) is 10.9. The van der Waals surface area contributed by atoms with Crippen LogP contribution in [0.2, 0.25) is 10.0 Å². The first-order chi connectivity index (χ1) is 7.91. The Balaban J connectivity index is 2.73. The minimum absolute atomic E-state index is 0.480. The lowest BCUT2D eigenvalue weighted by Crippen LogP contribution is -2.02. The first-order valence-corrected chi connectivity index (χ1v) is 6.43. The number of aryl methyl sites for hydroxylation is 1. The largest absolute Gasteiger partial charge is 0.399 e. The predicted octanol–water partition coefficient (Wildman–Crippen LogP) is 4.14. The number of aromatic nitrogens is 2. The Hall–Kier alpha value is -0.710. The second-order valence-corrected chi connectivity index (χ2v) is 5.34. The van der Waals surface area contributed by atoms with Gasteiger partial charge in [0.1, 0.15) is 5.69 Å². The summed E-state index contributed by atoms with van der Waals surface area (Å²) in [7, 11) is 0. The number of hydrogen-bond donors (Lipinski definition) is 1. The molecule has 1 aromatic heterocycles. The smallest absolute Gasteiger partial charge is 0.102 e. The molecule has 17 heavy (non-hydrogen) atoms. The van der Waals surface area contributed by atoms with Crippen molar-refractivity contribution < 1.29 is 0 Å². The van der Waals surface area contributed by atoms with E-state index in [-0.39, 0.29) is 0 Å². The van der Waals surface area contributed by atoms with Crippen LogP contribution < -0.4 is 5.73 Å². The quantitative estimate of drug-likeness (QED) is 0.796. The van der Waals surface area contributed by atoms with E-state index in [0.29, 0.717) is 21.4 Å². The van der Waals surface area contributed by atoms with Crippen LogP contribution in [0.4, 0.5) is 5.69 Å². The van der Waals surface area contributed by atoms with Crippen LogP contribution >= 0.6 is 39.1 Å². The van der Waals surface area contributed by atoms with Gasteiger partial charge in [0, 0.05) is 5.69 Å². The first kappa shape index (κ1) is 12.7. The summed E-state index contributed by atoms with van der Waals surface area (Å²) >= 11 is 15.8. The number of hydrogen-bond acceptors (Lipinski definition) is 2. The van der Waals surface area contributed by atoms with Gasteiger partial charge in [-0.1, -0.05) is 23.2 Å². The van der Waals surface area contributed by atoms with E-state index in [4.69, 9.17) is 28.9 Å². The molecule has 1 aromatic carbocycles. The lowest BCUT2D eigenvalue weighted by atomic mass is 10.2. The summed E-state index contributed by atoms with van der Waals surface area (Å²) < 4.78 is 2.66. The molecule has 0 radical (unpaired) electrons. The minimum Gasteiger partial charge on any atom is -0.399 e. The average molecular weight is 335 g/mol. The van der Waals surface area contributed by atoms with Crippen LogP contribution in [0.3, 0.4) is 0 Å². The van der Waals surface area contributed by atoms with Gasteiger partial charge in [-0.2, -0.15) is 5.10 Å². The minimum atomic E-state index is 0.480. The highest BCUT2D eigenvalue weighted by Gasteiger charge is 2.16. The molecule has 2 aromatic rings. The predicted molar refractivity (Wildman–Crippen MR) is 75.2 cm³/mol. The number of nitrogens with zero attached hydrogens (tertiary/aromatic N) is 2. The van der Waals surface area contributed by atoms with Crippen molar-refractivity contribution in [1.29, 1.82) is 0 Å². The van der Waals surface area contributed by atoms with Crippen molar-refractivity contribution in [1.82, 2.24) is 9.78 Å². The van der Waals surface area contributed by atoms with Gasteiger partial charge in [-0.25, -0.2) is 4.68 Å². The fourth-order valence-electron chi connectivity index (χ4n) is 1.63. The molecule has 0 spiro atoms. The lowest BCUT2D eigenvalue weighted by Gasteiger charge is -2.10. The standard InChI is InChI=1S/C11H10BrCl2N3/c1-5-10(12)6(2)17(16-5)11-8(13)3-7(15)4-9(11)14/h3-4H,15H2,1-2H3. The van der Waals surface area contributed by atoms with Crippen molar-refractivity contribution in [3.63, 3.8) is 0 Å². The van der Waals surface area contributed by atoms with Crippen LogP contribution in [0.5, 0.6) is 0 Å². The Kier molecular flexibility index (Phi) is 3.39. The van der Waals surface area contributed by atoms with E-state index in [1.54, 1.807) is 16.8 Å². The van der Waals surface area contributed by atoms with Gasteiger partial charge in [-0.05, 0) is 41.9 Å². The van der Waals surface area contributed by atoms with E-state index < -0.39 is 0 Å². The highest BCUT2D eigenvalue weighted by Crippen LogP contribution is 2.33. The summed E-state index contributed by atoms with van der Waals surface area (Å²) in [5, 5.41) is 5.35. The maximum Gasteiger partial charge on any atom is 0.102 e. The molecular weight excluding hydrogens is 325 g/mol. The van der Waals surface area contributed by atoms with Crippen LogP contribution in [0.15, 0.2) is 16.6 Å². The summed E-state index contributed by atoms with van der Waals surface area (Å²) in [5.41, 5.74) is 8.67. The monoisotopic (exact) mass is 333 g/mol. The number of anilines is 1. The third kappa shape index (κ3) is 2.17. The lowest BCUT2D eigenvalue weighted by molar-refractivity contribution is 0.834. The highest BCUT2D eigenvalue weighted by molar-refractivity contribution is 9.10. The molecule has 0 fully saturated rings. The molecule has 90 valence electrons. The number of rotatable bonds is 1. The van der Waals surface area contributed by atoms with E-state index in [2.05, 4.69) is 21.0 Å². The molecule has 6 heteroatoms. The fraction of sp³-hybridized carbons (Fsp3) is 0.182. The molecule has 0 saturated heterocycles. The number of benzene rings is 1. The maximum absolute atomic E-state index is 6.16. The van der Waals surface area contributed by atoms with E-state index >= 15 is 0 Å². The topological polar surface area (TPSA) is 43.8 Å². The third-order valence-electron chi connectivity index (χ3n) is 2.45. The molecule has 1 heterocycles. The molecular formula is C11H10BrCl2N3. The first-order valence-electron chi connectivity index (χ1n) is 4.88. The molecule has 0 unspecified atom stereocenters. The Morgan fingerprint density at radius 1 is 1.24 bits per heavy atom. The van der Waals surface area contributed by atoms with E-state index in [0.717, 1.165) is 15.9 Å². The van der Waals surface area contributed by atoms with Gasteiger partial charge in [-0.15, -0.1) is 0 Å². The van der Waals surface area contributed by atoms with Crippen LogP contribution in [0, 0.1) is 13.8 Å². The zero-order valence-electron chi connectivity index (χ0n) is 9.26. The summed E-state index contributed by atoms with van der Waals surface area (Å²) in [6.45, 7) is 3.85. The molecule has 2 rings (SSSR count). The van der Waals surface area contributed by atoms with Crippen molar-refractivity contribution in [3.8, 4) is 5.69 Å². The Bertz CT molecular complexity index is 570. The van der Waals surface area contributed by atoms with Gasteiger partial charge in [0.05, 0.1) is 25.9 Å². The van der Waals surface area contributed by atoms with Gasteiger partial charge < -0.3 is 5.73 Å². The summed E-state index contributed by atoms with van der Waals surface area (Å²) in [6.07, 6.45) is 0. The molecule has 0 aliphatic carbocycles. The zero-order chi connectivity index (χ0) is 12.7. The van der Waals surface area contributed by atoms with Crippen LogP contribution in [-0.4, -0.2) is 9.78 Å². The molecule has 0 aliphatic heterocycles. The molecule has 3 nitrogen and oxygen atoms in total. The van der Waals surface area contributed by atoms with E-state index in [1.165, 1.54) is 0 Å².